The molecule has 1 aliphatic rings. The van der Waals surface area contributed by atoms with E-state index in [4.69, 9.17) is 9.15 Å². The van der Waals surface area contributed by atoms with Crippen molar-refractivity contribution in [3.05, 3.63) is 53.0 Å². The van der Waals surface area contributed by atoms with Crippen molar-refractivity contribution >= 4 is 23.0 Å². The summed E-state index contributed by atoms with van der Waals surface area (Å²) >= 11 is 1.32. The molecule has 162 valence electrons. The molecule has 8 nitrogen and oxygen atoms in total. The maximum absolute atomic E-state index is 13.0. The van der Waals surface area contributed by atoms with Crippen molar-refractivity contribution in [2.45, 2.75) is 45.3 Å². The summed E-state index contributed by atoms with van der Waals surface area (Å²) in [6, 6.07) is 7.37. The number of carbonyl (C=O) groups is 2. The van der Waals surface area contributed by atoms with Gasteiger partial charge in [0.1, 0.15) is 0 Å². The van der Waals surface area contributed by atoms with Crippen molar-refractivity contribution in [3.63, 3.8) is 0 Å². The van der Waals surface area contributed by atoms with E-state index < -0.39 is 0 Å². The topological polar surface area (TPSA) is 98.4 Å². The van der Waals surface area contributed by atoms with Crippen LogP contribution < -0.4 is 0 Å². The zero-order valence-corrected chi connectivity index (χ0v) is 18.1. The van der Waals surface area contributed by atoms with Gasteiger partial charge >= 0.3 is 0 Å². The van der Waals surface area contributed by atoms with Crippen LogP contribution in [0.15, 0.2) is 41.1 Å². The van der Waals surface area contributed by atoms with Crippen LogP contribution >= 0.6 is 11.3 Å². The highest BCUT2D eigenvalue weighted by Gasteiger charge is 2.23. The zero-order valence-electron chi connectivity index (χ0n) is 17.3. The standard InChI is InChI=1S/C22H24N4O4S/c1-15(27)18-4-5-19(31-18)22-25-24-20(30-22)6-7-21(28)26(14-17-3-2-12-29-17)13-16-8-10-23-11-9-16/h4-5,8-11,17H,2-3,6-7,12-14H2,1H3/t17-/m1/s1. The summed E-state index contributed by atoms with van der Waals surface area (Å²) in [6.07, 6.45) is 6.16. The summed E-state index contributed by atoms with van der Waals surface area (Å²) in [7, 11) is 0. The molecule has 4 rings (SSSR count). The second kappa shape index (κ2) is 9.93. The lowest BCUT2D eigenvalue weighted by Gasteiger charge is -2.25. The number of thiophene rings is 1. The van der Waals surface area contributed by atoms with Gasteiger partial charge in [0.15, 0.2) is 5.78 Å². The molecule has 0 aliphatic carbocycles. The number of ketones is 1. The summed E-state index contributed by atoms with van der Waals surface area (Å²) in [5.74, 6) is 0.791. The summed E-state index contributed by atoms with van der Waals surface area (Å²) < 4.78 is 11.5. The molecular formula is C22H24N4O4S. The molecule has 4 heterocycles. The molecule has 0 N–H and O–H groups in total. The molecule has 0 unspecified atom stereocenters. The second-order valence-corrected chi connectivity index (χ2v) is 8.57. The quantitative estimate of drug-likeness (QED) is 0.469. The van der Waals surface area contributed by atoms with Gasteiger partial charge in [0.2, 0.25) is 11.8 Å². The van der Waals surface area contributed by atoms with E-state index in [0.717, 1.165) is 29.9 Å². The molecule has 1 aliphatic heterocycles. The molecule has 0 saturated carbocycles. The number of aromatic nitrogens is 3. The van der Waals surface area contributed by atoms with Crippen molar-refractivity contribution < 1.29 is 18.7 Å². The molecule has 0 aromatic carbocycles. The first-order valence-electron chi connectivity index (χ1n) is 10.3. The van der Waals surface area contributed by atoms with E-state index in [1.807, 2.05) is 17.0 Å². The lowest BCUT2D eigenvalue weighted by molar-refractivity contribution is -0.133. The van der Waals surface area contributed by atoms with Crippen LogP contribution in [0.5, 0.6) is 0 Å². The predicted octanol–water partition coefficient (Wildman–Crippen LogP) is 3.54. The van der Waals surface area contributed by atoms with Crippen molar-refractivity contribution in [2.24, 2.45) is 0 Å². The number of ether oxygens (including phenoxy) is 1. The number of pyridine rings is 1. The molecule has 3 aromatic heterocycles. The molecule has 1 atom stereocenters. The molecule has 31 heavy (non-hydrogen) atoms. The normalized spacial score (nSPS) is 15.8. The van der Waals surface area contributed by atoms with Crippen LogP contribution in [0.25, 0.3) is 10.8 Å². The second-order valence-electron chi connectivity index (χ2n) is 7.49. The molecule has 1 fully saturated rings. The fraction of sp³-hybridized carbons (Fsp3) is 0.409. The first kappa shape index (κ1) is 21.3. The van der Waals surface area contributed by atoms with Crippen LogP contribution in [-0.2, 0) is 22.5 Å². The number of rotatable bonds is 9. The third-order valence-corrected chi connectivity index (χ3v) is 6.28. The molecule has 0 bridgehead atoms. The van der Waals surface area contributed by atoms with Gasteiger partial charge in [0, 0.05) is 44.9 Å². The third kappa shape index (κ3) is 5.62. The summed E-state index contributed by atoms with van der Waals surface area (Å²) in [5.41, 5.74) is 1.03. The highest BCUT2D eigenvalue weighted by atomic mass is 32.1. The minimum absolute atomic E-state index is 0.00196. The Bertz CT molecular complexity index is 1030. The molecule has 1 amide bonds. The largest absolute Gasteiger partial charge is 0.420 e. The minimum atomic E-state index is 0.00196. The number of nitrogens with zero attached hydrogens (tertiary/aromatic N) is 4. The van der Waals surface area contributed by atoms with Crippen LogP contribution in [0, 0.1) is 0 Å². The van der Waals surface area contributed by atoms with E-state index in [9.17, 15) is 9.59 Å². The molecule has 0 radical (unpaired) electrons. The van der Waals surface area contributed by atoms with E-state index in [1.165, 1.54) is 18.3 Å². The van der Waals surface area contributed by atoms with Gasteiger partial charge in [-0.25, -0.2) is 0 Å². The zero-order chi connectivity index (χ0) is 21.6. The summed E-state index contributed by atoms with van der Waals surface area (Å²) in [5, 5.41) is 8.13. The number of Topliss-reactive ketones (excluding diaryl/α,β-unsaturated/α-hetero) is 1. The van der Waals surface area contributed by atoms with E-state index >= 15 is 0 Å². The van der Waals surface area contributed by atoms with Gasteiger partial charge in [-0.3, -0.25) is 14.6 Å². The van der Waals surface area contributed by atoms with Crippen LogP contribution in [0.2, 0.25) is 0 Å². The van der Waals surface area contributed by atoms with Crippen LogP contribution in [-0.4, -0.2) is 51.0 Å². The SMILES string of the molecule is CC(=O)c1ccc(-c2nnc(CCC(=O)N(Cc3ccncc3)C[C@H]3CCCO3)o2)s1. The van der Waals surface area contributed by atoms with E-state index in [-0.39, 0.29) is 24.2 Å². The van der Waals surface area contributed by atoms with Gasteiger partial charge in [0.05, 0.1) is 15.9 Å². The number of hydrogen-bond donors (Lipinski definition) is 0. The monoisotopic (exact) mass is 440 g/mol. The average molecular weight is 441 g/mol. The lowest BCUT2D eigenvalue weighted by atomic mass is 10.1. The summed E-state index contributed by atoms with van der Waals surface area (Å²) in [4.78, 5) is 31.7. The Hall–Kier alpha value is -2.91. The Labute approximate surface area is 184 Å². The Balaban J connectivity index is 1.38. The molecule has 9 heteroatoms. The van der Waals surface area contributed by atoms with Crippen LogP contribution in [0.4, 0.5) is 0 Å². The van der Waals surface area contributed by atoms with Gasteiger partial charge in [-0.15, -0.1) is 21.5 Å². The fourth-order valence-electron chi connectivity index (χ4n) is 3.47. The number of amides is 1. The summed E-state index contributed by atoms with van der Waals surface area (Å²) in [6.45, 7) is 3.36. The highest BCUT2D eigenvalue weighted by Crippen LogP contribution is 2.27. The number of hydrogen-bond acceptors (Lipinski definition) is 8. The Morgan fingerprint density at radius 2 is 2.03 bits per heavy atom. The van der Waals surface area contributed by atoms with Crippen molar-refractivity contribution in [1.82, 2.24) is 20.1 Å². The average Bonchev–Trinajstić information content (AvgIpc) is 3.53. The number of aryl methyl sites for hydroxylation is 1. The lowest BCUT2D eigenvalue weighted by Crippen LogP contribution is -2.37. The fourth-order valence-corrected chi connectivity index (χ4v) is 4.29. The van der Waals surface area contributed by atoms with Gasteiger partial charge < -0.3 is 14.1 Å². The van der Waals surface area contributed by atoms with E-state index in [1.54, 1.807) is 24.5 Å². The predicted molar refractivity (Wildman–Crippen MR) is 115 cm³/mol. The Kier molecular flexibility index (Phi) is 6.83. The molecular weight excluding hydrogens is 416 g/mol. The number of carbonyl (C=O) groups excluding carboxylic acids is 2. The van der Waals surface area contributed by atoms with Crippen molar-refractivity contribution in [2.75, 3.05) is 13.2 Å². The molecule has 0 spiro atoms. The highest BCUT2D eigenvalue weighted by molar-refractivity contribution is 7.17. The first-order chi connectivity index (χ1) is 15.1. The molecule has 3 aromatic rings. The van der Waals surface area contributed by atoms with Crippen molar-refractivity contribution in [3.8, 4) is 10.8 Å². The van der Waals surface area contributed by atoms with Gasteiger partial charge in [0.25, 0.3) is 5.89 Å². The van der Waals surface area contributed by atoms with Gasteiger partial charge in [-0.1, -0.05) is 0 Å². The van der Waals surface area contributed by atoms with Crippen LogP contribution in [0.3, 0.4) is 0 Å². The van der Waals surface area contributed by atoms with Crippen molar-refractivity contribution in [1.29, 1.82) is 0 Å². The first-order valence-corrected chi connectivity index (χ1v) is 11.1. The van der Waals surface area contributed by atoms with Gasteiger partial charge in [-0.05, 0) is 49.6 Å². The van der Waals surface area contributed by atoms with E-state index in [0.29, 0.717) is 36.2 Å². The smallest absolute Gasteiger partial charge is 0.257 e. The minimum Gasteiger partial charge on any atom is -0.420 e. The Morgan fingerprint density at radius 1 is 1.19 bits per heavy atom. The van der Waals surface area contributed by atoms with Crippen LogP contribution in [0.1, 0.15) is 47.3 Å². The maximum atomic E-state index is 13.0. The van der Waals surface area contributed by atoms with Gasteiger partial charge in [-0.2, -0.15) is 0 Å². The Morgan fingerprint density at radius 3 is 2.74 bits per heavy atom. The van der Waals surface area contributed by atoms with E-state index in [2.05, 4.69) is 15.2 Å². The third-order valence-electron chi connectivity index (χ3n) is 5.11. The maximum Gasteiger partial charge on any atom is 0.257 e. The molecule has 1 saturated heterocycles.